The molecule has 4 rings (SSSR count). The second-order valence-electron chi connectivity index (χ2n) is 10.2. The fourth-order valence-corrected chi connectivity index (χ4v) is 4.60. The Morgan fingerprint density at radius 3 is 2.38 bits per heavy atom. The lowest BCUT2D eigenvalue weighted by Gasteiger charge is -2.38. The van der Waals surface area contributed by atoms with Crippen molar-refractivity contribution in [1.82, 2.24) is 9.80 Å². The van der Waals surface area contributed by atoms with Gasteiger partial charge in [-0.3, -0.25) is 9.59 Å². The Hall–Kier alpha value is -4.37. The lowest BCUT2D eigenvalue weighted by molar-refractivity contribution is -0.115. The highest BCUT2D eigenvalue weighted by Gasteiger charge is 2.34. The van der Waals surface area contributed by atoms with Gasteiger partial charge >= 0.3 is 6.03 Å². The summed E-state index contributed by atoms with van der Waals surface area (Å²) in [5.74, 6) is -0.294. The van der Waals surface area contributed by atoms with E-state index < -0.39 is 12.1 Å². The van der Waals surface area contributed by atoms with Gasteiger partial charge in [0.1, 0.15) is 11.9 Å². The number of para-hydroxylation sites is 1. The molecular weight excluding hydrogens is 508 g/mol. The first kappa shape index (κ1) is 28.6. The summed E-state index contributed by atoms with van der Waals surface area (Å²) < 4.78 is 6.36. The third-order valence-electron chi connectivity index (χ3n) is 6.98. The SMILES string of the molecule is C[C@H]1CN([C@@H](C)CO)C(=O)c2cc(NC(=O)Cc3ccccc3)ccc2O[C@H]1CN(C)C(=O)Nc1ccccc1. The predicted molar refractivity (Wildman–Crippen MR) is 154 cm³/mol. The van der Waals surface area contributed by atoms with Gasteiger partial charge in [0.25, 0.3) is 5.91 Å². The third kappa shape index (κ3) is 7.18. The van der Waals surface area contributed by atoms with Crippen molar-refractivity contribution < 1.29 is 24.2 Å². The number of carbonyl (C=O) groups excluding carboxylic acids is 3. The van der Waals surface area contributed by atoms with E-state index in [-0.39, 0.29) is 48.9 Å². The van der Waals surface area contributed by atoms with E-state index in [0.717, 1.165) is 5.56 Å². The smallest absolute Gasteiger partial charge is 0.321 e. The summed E-state index contributed by atoms with van der Waals surface area (Å²) in [5, 5.41) is 15.6. The first-order valence-corrected chi connectivity index (χ1v) is 13.4. The zero-order valence-corrected chi connectivity index (χ0v) is 23.0. The van der Waals surface area contributed by atoms with Gasteiger partial charge in [0.2, 0.25) is 5.91 Å². The maximum Gasteiger partial charge on any atom is 0.321 e. The molecule has 9 heteroatoms. The van der Waals surface area contributed by atoms with Crippen LogP contribution in [0.5, 0.6) is 5.75 Å². The fraction of sp³-hybridized carbons (Fsp3) is 0.323. The molecule has 3 atom stereocenters. The third-order valence-corrected chi connectivity index (χ3v) is 6.98. The number of urea groups is 1. The van der Waals surface area contributed by atoms with Gasteiger partial charge in [-0.25, -0.2) is 4.79 Å². The molecule has 0 unspecified atom stereocenters. The number of likely N-dealkylation sites (N-methyl/N-ethyl adjacent to an activating group) is 1. The number of aliphatic hydroxyl groups is 1. The van der Waals surface area contributed by atoms with Gasteiger partial charge in [-0.05, 0) is 42.8 Å². The summed E-state index contributed by atoms with van der Waals surface area (Å²) in [5.41, 5.74) is 2.32. The zero-order valence-electron chi connectivity index (χ0n) is 23.0. The Bertz CT molecular complexity index is 1320. The van der Waals surface area contributed by atoms with Crippen molar-refractivity contribution in [2.45, 2.75) is 32.4 Å². The minimum Gasteiger partial charge on any atom is -0.487 e. The molecule has 3 aromatic rings. The highest BCUT2D eigenvalue weighted by atomic mass is 16.5. The van der Waals surface area contributed by atoms with Crippen molar-refractivity contribution in [2.24, 2.45) is 5.92 Å². The molecule has 4 amide bonds. The van der Waals surface area contributed by atoms with Crippen LogP contribution in [0.15, 0.2) is 78.9 Å². The van der Waals surface area contributed by atoms with Crippen molar-refractivity contribution in [2.75, 3.05) is 37.4 Å². The summed E-state index contributed by atoms with van der Waals surface area (Å²) >= 11 is 0. The molecule has 0 radical (unpaired) electrons. The van der Waals surface area contributed by atoms with Crippen molar-refractivity contribution in [3.63, 3.8) is 0 Å². The molecule has 3 N–H and O–H groups in total. The van der Waals surface area contributed by atoms with E-state index in [2.05, 4.69) is 10.6 Å². The first-order chi connectivity index (χ1) is 19.2. The van der Waals surface area contributed by atoms with Crippen molar-refractivity contribution in [3.05, 3.63) is 90.0 Å². The van der Waals surface area contributed by atoms with Gasteiger partial charge in [-0.2, -0.15) is 0 Å². The van der Waals surface area contributed by atoms with Gasteiger partial charge in [0.05, 0.1) is 31.2 Å². The molecule has 210 valence electrons. The van der Waals surface area contributed by atoms with Crippen LogP contribution in [0.4, 0.5) is 16.2 Å². The molecule has 0 spiro atoms. The largest absolute Gasteiger partial charge is 0.487 e. The number of anilines is 2. The Balaban J connectivity index is 1.55. The van der Waals surface area contributed by atoms with Crippen LogP contribution in [0.25, 0.3) is 0 Å². The van der Waals surface area contributed by atoms with E-state index in [1.165, 1.54) is 0 Å². The Morgan fingerprint density at radius 2 is 1.70 bits per heavy atom. The van der Waals surface area contributed by atoms with E-state index >= 15 is 0 Å². The minimum absolute atomic E-state index is 0.150. The lowest BCUT2D eigenvalue weighted by atomic mass is 9.99. The van der Waals surface area contributed by atoms with E-state index in [0.29, 0.717) is 23.7 Å². The van der Waals surface area contributed by atoms with Crippen LogP contribution in [0.2, 0.25) is 0 Å². The van der Waals surface area contributed by atoms with E-state index in [1.807, 2.05) is 67.6 Å². The number of carbonyl (C=O) groups is 3. The topological polar surface area (TPSA) is 111 Å². The molecule has 40 heavy (non-hydrogen) atoms. The molecule has 1 aliphatic rings. The van der Waals surface area contributed by atoms with Crippen LogP contribution in [0.3, 0.4) is 0 Å². The average molecular weight is 545 g/mol. The summed E-state index contributed by atoms with van der Waals surface area (Å²) in [4.78, 5) is 42.4. The van der Waals surface area contributed by atoms with E-state index in [1.54, 1.807) is 42.0 Å². The summed E-state index contributed by atoms with van der Waals surface area (Å²) in [6.45, 7) is 4.13. The van der Waals surface area contributed by atoms with Gasteiger partial charge in [-0.1, -0.05) is 55.5 Å². The zero-order chi connectivity index (χ0) is 28.6. The maximum absolute atomic E-state index is 13.7. The van der Waals surface area contributed by atoms with Crippen LogP contribution in [-0.4, -0.2) is 71.6 Å². The predicted octanol–water partition coefficient (Wildman–Crippen LogP) is 4.25. The molecule has 0 aromatic heterocycles. The van der Waals surface area contributed by atoms with Crippen LogP contribution in [0, 0.1) is 5.92 Å². The standard InChI is InChI=1S/C31H36N4O5/c1-21-18-35(22(2)20-36)30(38)26-17-25(32-29(37)16-23-10-6-4-7-11-23)14-15-27(26)40-28(21)19-34(3)31(39)33-24-12-8-5-9-13-24/h4-15,17,21-22,28,36H,16,18-20H2,1-3H3,(H,32,37)(H,33,39)/t21-,22-,28-/m0/s1. The quantitative estimate of drug-likeness (QED) is 0.393. The number of aliphatic hydroxyl groups excluding tert-OH is 1. The number of hydrogen-bond acceptors (Lipinski definition) is 5. The fourth-order valence-electron chi connectivity index (χ4n) is 4.60. The molecule has 0 saturated heterocycles. The molecule has 1 heterocycles. The molecule has 3 aromatic carbocycles. The molecule has 9 nitrogen and oxygen atoms in total. The normalized spacial score (nSPS) is 17.5. The number of benzene rings is 3. The number of nitrogens with one attached hydrogen (secondary N) is 2. The first-order valence-electron chi connectivity index (χ1n) is 13.4. The van der Waals surface area contributed by atoms with Crippen molar-refractivity contribution >= 4 is 29.2 Å². The Labute approximate surface area is 234 Å². The van der Waals surface area contributed by atoms with Gasteiger partial charge < -0.3 is 30.3 Å². The maximum atomic E-state index is 13.7. The van der Waals surface area contributed by atoms with Crippen molar-refractivity contribution in [3.8, 4) is 5.75 Å². The number of hydrogen-bond donors (Lipinski definition) is 3. The van der Waals surface area contributed by atoms with E-state index in [4.69, 9.17) is 4.74 Å². The number of amides is 4. The Kier molecular flexibility index (Phi) is 9.39. The van der Waals surface area contributed by atoms with Crippen LogP contribution in [0.1, 0.15) is 29.8 Å². The average Bonchev–Trinajstić information content (AvgIpc) is 2.95. The number of fused-ring (bicyclic) bond motifs is 1. The monoisotopic (exact) mass is 544 g/mol. The summed E-state index contributed by atoms with van der Waals surface area (Å²) in [6, 6.07) is 22.9. The summed E-state index contributed by atoms with van der Waals surface area (Å²) in [7, 11) is 1.69. The number of nitrogens with zero attached hydrogens (tertiary/aromatic N) is 2. The molecule has 0 aliphatic carbocycles. The van der Waals surface area contributed by atoms with Crippen LogP contribution < -0.4 is 15.4 Å². The van der Waals surface area contributed by atoms with Crippen LogP contribution >= 0.6 is 0 Å². The highest BCUT2D eigenvalue weighted by molar-refractivity contribution is 6.00. The molecule has 0 fully saturated rings. The lowest BCUT2D eigenvalue weighted by Crippen LogP contribution is -2.50. The minimum atomic E-state index is -0.440. The molecule has 0 saturated carbocycles. The second-order valence-corrected chi connectivity index (χ2v) is 10.2. The number of rotatable bonds is 8. The number of ether oxygens (including phenoxy) is 1. The van der Waals surface area contributed by atoms with Gasteiger partial charge in [0, 0.05) is 30.9 Å². The molecular formula is C31H36N4O5. The van der Waals surface area contributed by atoms with Gasteiger partial charge in [0.15, 0.2) is 0 Å². The summed E-state index contributed by atoms with van der Waals surface area (Å²) in [6.07, 6.45) is -0.238. The van der Waals surface area contributed by atoms with E-state index in [9.17, 15) is 19.5 Å². The second kappa shape index (κ2) is 13.1. The van der Waals surface area contributed by atoms with Gasteiger partial charge in [-0.15, -0.1) is 0 Å². The highest BCUT2D eigenvalue weighted by Crippen LogP contribution is 2.31. The molecule has 1 aliphatic heterocycles. The Morgan fingerprint density at radius 1 is 1.02 bits per heavy atom. The molecule has 0 bridgehead atoms. The van der Waals surface area contributed by atoms with Crippen LogP contribution in [-0.2, 0) is 11.2 Å². The van der Waals surface area contributed by atoms with Crippen molar-refractivity contribution in [1.29, 1.82) is 0 Å².